The molecule has 0 saturated heterocycles. The predicted octanol–water partition coefficient (Wildman–Crippen LogP) is 16.3. The number of benzene rings is 9. The highest BCUT2D eigenvalue weighted by molar-refractivity contribution is 7.26. The molecule has 0 aliphatic rings. The van der Waals surface area contributed by atoms with Gasteiger partial charge in [0.2, 0.25) is 0 Å². The summed E-state index contributed by atoms with van der Waals surface area (Å²) in [5, 5.41) is 6.69. The molecule has 12 rings (SSSR count). The molecule has 0 saturated carbocycles. The molecule has 0 aliphatic heterocycles. The van der Waals surface area contributed by atoms with Crippen LogP contribution in [0, 0.1) is 0 Å². The zero-order chi connectivity index (χ0) is 38.2. The number of para-hydroxylation sites is 1. The molecule has 4 heteroatoms. The Morgan fingerprint density at radius 1 is 0.345 bits per heavy atom. The van der Waals surface area contributed by atoms with Crippen molar-refractivity contribution in [1.29, 1.82) is 0 Å². The summed E-state index contributed by atoms with van der Waals surface area (Å²) in [6.45, 7) is 0. The van der Waals surface area contributed by atoms with Crippen LogP contribution in [0.3, 0.4) is 0 Å². The third-order valence-electron chi connectivity index (χ3n) is 11.5. The number of hydrogen-bond acceptors (Lipinski definition) is 4. The van der Waals surface area contributed by atoms with E-state index in [0.717, 1.165) is 94.3 Å². The Balaban J connectivity index is 1.27. The summed E-state index contributed by atoms with van der Waals surface area (Å²) in [7, 11) is 0. The summed E-state index contributed by atoms with van der Waals surface area (Å²) in [4.78, 5) is 2.51. The van der Waals surface area contributed by atoms with Crippen LogP contribution in [0.1, 0.15) is 0 Å². The second-order valence-corrected chi connectivity index (χ2v) is 15.8. The lowest BCUT2D eigenvalue weighted by Crippen LogP contribution is -2.13. The van der Waals surface area contributed by atoms with E-state index in [1.54, 1.807) is 0 Å². The maximum Gasteiger partial charge on any atom is 0.145 e. The van der Waals surface area contributed by atoms with Gasteiger partial charge in [0, 0.05) is 42.1 Å². The number of fused-ring (bicyclic) bond motifs is 9. The van der Waals surface area contributed by atoms with Gasteiger partial charge >= 0.3 is 0 Å². The first kappa shape index (κ1) is 32.8. The molecule has 0 bridgehead atoms. The van der Waals surface area contributed by atoms with E-state index in [1.807, 2.05) is 17.4 Å². The minimum Gasteiger partial charge on any atom is -0.456 e. The van der Waals surface area contributed by atoms with E-state index in [9.17, 15) is 0 Å². The number of nitrogens with zero attached hydrogens (tertiary/aromatic N) is 1. The molecule has 0 unspecified atom stereocenters. The molecule has 0 spiro atoms. The number of rotatable bonds is 6. The minimum absolute atomic E-state index is 0.838. The Morgan fingerprint density at radius 2 is 0.966 bits per heavy atom. The van der Waals surface area contributed by atoms with Crippen LogP contribution in [0.2, 0.25) is 0 Å². The van der Waals surface area contributed by atoms with Crippen molar-refractivity contribution in [2.24, 2.45) is 0 Å². The van der Waals surface area contributed by atoms with Crippen molar-refractivity contribution in [2.45, 2.75) is 0 Å². The van der Waals surface area contributed by atoms with Crippen molar-refractivity contribution in [3.63, 3.8) is 0 Å². The van der Waals surface area contributed by atoms with E-state index in [2.05, 4.69) is 199 Å². The van der Waals surface area contributed by atoms with Gasteiger partial charge in [-0.15, -0.1) is 11.3 Å². The predicted molar refractivity (Wildman–Crippen MR) is 245 cm³/mol. The third-order valence-corrected chi connectivity index (χ3v) is 12.6. The minimum atomic E-state index is 0.838. The average Bonchev–Trinajstić information content (AvgIpc) is 3.99. The smallest absolute Gasteiger partial charge is 0.145 e. The number of thiophene rings is 1. The summed E-state index contributed by atoms with van der Waals surface area (Å²) in [5.74, 6) is 0. The van der Waals surface area contributed by atoms with Crippen molar-refractivity contribution >= 4 is 92.4 Å². The SMILES string of the molecule is c1ccc(-c2ccc3c(c2)oc2c(-c4ccccc4)ccc(N(c4c(-c5ccccc5)ccc5oc6ccccc6c45)c4cccc5sc6ccccc6c45)c23)cc1. The topological polar surface area (TPSA) is 29.5 Å². The molecule has 0 fully saturated rings. The molecular formula is C54H33NO2S. The van der Waals surface area contributed by atoms with Crippen LogP contribution in [0.4, 0.5) is 17.1 Å². The fourth-order valence-electron chi connectivity index (χ4n) is 8.90. The van der Waals surface area contributed by atoms with Gasteiger partial charge in [-0.2, -0.15) is 0 Å². The maximum absolute atomic E-state index is 7.12. The molecule has 3 aromatic heterocycles. The highest BCUT2D eigenvalue weighted by Gasteiger charge is 2.29. The van der Waals surface area contributed by atoms with Crippen LogP contribution >= 0.6 is 11.3 Å². The number of furan rings is 2. The second kappa shape index (κ2) is 13.1. The second-order valence-electron chi connectivity index (χ2n) is 14.8. The first-order chi connectivity index (χ1) is 28.8. The molecule has 12 aromatic rings. The van der Waals surface area contributed by atoms with Crippen LogP contribution in [0.15, 0.2) is 209 Å². The quantitative estimate of drug-likeness (QED) is 0.169. The molecular weight excluding hydrogens is 727 g/mol. The van der Waals surface area contributed by atoms with E-state index in [4.69, 9.17) is 8.83 Å². The van der Waals surface area contributed by atoms with Crippen LogP contribution in [0.25, 0.3) is 97.4 Å². The van der Waals surface area contributed by atoms with Gasteiger partial charge < -0.3 is 13.7 Å². The van der Waals surface area contributed by atoms with Gasteiger partial charge in [-0.3, -0.25) is 0 Å². The molecule has 0 N–H and O–H groups in total. The van der Waals surface area contributed by atoms with Crippen LogP contribution < -0.4 is 4.90 Å². The lowest BCUT2D eigenvalue weighted by molar-refractivity contribution is 0.669. The molecule has 0 atom stereocenters. The molecule has 0 aliphatic carbocycles. The molecule has 272 valence electrons. The van der Waals surface area contributed by atoms with Crippen molar-refractivity contribution in [3.8, 4) is 33.4 Å². The highest BCUT2D eigenvalue weighted by atomic mass is 32.1. The zero-order valence-electron chi connectivity index (χ0n) is 31.2. The van der Waals surface area contributed by atoms with E-state index in [0.29, 0.717) is 0 Å². The van der Waals surface area contributed by atoms with Crippen molar-refractivity contribution in [3.05, 3.63) is 200 Å². The Bertz CT molecular complexity index is 3510. The van der Waals surface area contributed by atoms with Crippen LogP contribution in [-0.4, -0.2) is 0 Å². The van der Waals surface area contributed by atoms with Gasteiger partial charge in [0.25, 0.3) is 0 Å². The van der Waals surface area contributed by atoms with Gasteiger partial charge in [0.1, 0.15) is 22.3 Å². The average molecular weight is 760 g/mol. The van der Waals surface area contributed by atoms with Gasteiger partial charge in [-0.25, -0.2) is 0 Å². The summed E-state index contributed by atoms with van der Waals surface area (Å²) < 4.78 is 16.3. The standard InChI is InChI=1S/C54H33NO2S/c1-4-15-34(16-5-1)37-27-28-41-47(33-37)57-54-39(36-19-8-3-9-20-36)29-31-44(51(41)54)55(43-23-14-26-49-50(43)42-22-11-13-25-48(42)58-49)53-38(35-17-6-2-7-18-35)30-32-46-52(53)40-21-10-12-24-45(40)56-46/h1-33H. The number of hydrogen-bond donors (Lipinski definition) is 0. The van der Waals surface area contributed by atoms with E-state index >= 15 is 0 Å². The van der Waals surface area contributed by atoms with E-state index < -0.39 is 0 Å². The monoisotopic (exact) mass is 759 g/mol. The summed E-state index contributed by atoms with van der Waals surface area (Å²) in [5.41, 5.74) is 13.2. The van der Waals surface area contributed by atoms with Crippen LogP contribution in [0.5, 0.6) is 0 Å². The Morgan fingerprint density at radius 3 is 1.76 bits per heavy atom. The number of anilines is 3. The molecule has 3 heterocycles. The van der Waals surface area contributed by atoms with Gasteiger partial charge in [0.15, 0.2) is 0 Å². The Hall–Kier alpha value is -7.40. The van der Waals surface area contributed by atoms with E-state index in [1.165, 1.54) is 20.2 Å². The molecule has 3 nitrogen and oxygen atoms in total. The molecule has 0 radical (unpaired) electrons. The van der Waals surface area contributed by atoms with E-state index in [-0.39, 0.29) is 0 Å². The third kappa shape index (κ3) is 5.05. The summed E-state index contributed by atoms with van der Waals surface area (Å²) in [6, 6.07) is 71.3. The fraction of sp³-hybridized carbons (Fsp3) is 0. The Labute approximate surface area is 338 Å². The summed E-state index contributed by atoms with van der Waals surface area (Å²) >= 11 is 1.84. The molecule has 0 amide bonds. The molecule has 58 heavy (non-hydrogen) atoms. The Kier molecular flexibility index (Phi) is 7.40. The first-order valence-electron chi connectivity index (χ1n) is 19.6. The van der Waals surface area contributed by atoms with Crippen molar-refractivity contribution in [2.75, 3.05) is 4.90 Å². The largest absolute Gasteiger partial charge is 0.456 e. The van der Waals surface area contributed by atoms with Crippen molar-refractivity contribution in [1.82, 2.24) is 0 Å². The first-order valence-corrected chi connectivity index (χ1v) is 20.4. The highest BCUT2D eigenvalue weighted by Crippen LogP contribution is 2.54. The van der Waals surface area contributed by atoms with Gasteiger partial charge in [-0.1, -0.05) is 140 Å². The molecule has 9 aromatic carbocycles. The normalized spacial score (nSPS) is 11.8. The lowest BCUT2D eigenvalue weighted by atomic mass is 9.95. The zero-order valence-corrected chi connectivity index (χ0v) is 32.0. The summed E-state index contributed by atoms with van der Waals surface area (Å²) in [6.07, 6.45) is 0. The fourth-order valence-corrected chi connectivity index (χ4v) is 10.0. The van der Waals surface area contributed by atoms with Crippen LogP contribution in [-0.2, 0) is 0 Å². The van der Waals surface area contributed by atoms with Crippen molar-refractivity contribution < 1.29 is 8.83 Å². The van der Waals surface area contributed by atoms with Gasteiger partial charge in [0.05, 0.1) is 27.8 Å². The lowest BCUT2D eigenvalue weighted by Gasteiger charge is -2.30. The van der Waals surface area contributed by atoms with Gasteiger partial charge in [-0.05, 0) is 82.9 Å². The maximum atomic E-state index is 7.12.